The highest BCUT2D eigenvalue weighted by Crippen LogP contribution is 2.26. The number of H-pyrrole nitrogens is 2. The Kier molecular flexibility index (Phi) is 4.72. The van der Waals surface area contributed by atoms with Gasteiger partial charge in [0.15, 0.2) is 0 Å². The molecule has 3 N–H and O–H groups in total. The molecule has 2 heterocycles. The highest BCUT2D eigenvalue weighted by Gasteiger charge is 2.27. The second kappa shape index (κ2) is 6.96. The zero-order valence-electron chi connectivity index (χ0n) is 12.9. The van der Waals surface area contributed by atoms with E-state index in [1.165, 1.54) is 36.5 Å². The van der Waals surface area contributed by atoms with Gasteiger partial charge in [0.25, 0.3) is 5.91 Å². The second-order valence-electron chi connectivity index (χ2n) is 5.14. The maximum absolute atomic E-state index is 12.6. The predicted molar refractivity (Wildman–Crippen MR) is 90.5 cm³/mol. The van der Waals surface area contributed by atoms with Crippen LogP contribution in [0.5, 0.6) is 5.75 Å². The number of anilines is 1. The molecule has 1 aromatic carbocycles. The van der Waals surface area contributed by atoms with Crippen molar-refractivity contribution in [2.24, 2.45) is 0 Å². The molecule has 0 aliphatic carbocycles. The molecule has 0 atom stereocenters. The van der Waals surface area contributed by atoms with Crippen LogP contribution < -0.4 is 15.6 Å². The largest absolute Gasteiger partial charge is 0.487 e. The summed E-state index contributed by atoms with van der Waals surface area (Å²) in [6.07, 6.45) is 1.51. The van der Waals surface area contributed by atoms with E-state index in [-0.39, 0.29) is 11.3 Å². The van der Waals surface area contributed by atoms with E-state index in [0.29, 0.717) is 17.1 Å². The lowest BCUT2D eigenvalue weighted by molar-refractivity contribution is -0.0964. The van der Waals surface area contributed by atoms with Gasteiger partial charge in [0.1, 0.15) is 5.75 Å². The Bertz CT molecular complexity index is 966. The van der Waals surface area contributed by atoms with E-state index >= 15 is 0 Å². The molecular formula is C16H11ClF2N4O3. The summed E-state index contributed by atoms with van der Waals surface area (Å²) in [5, 5.41) is 9.02. The number of amides is 1. The number of ether oxygens (including phenoxy) is 1. The Hall–Kier alpha value is -3.20. The van der Waals surface area contributed by atoms with Gasteiger partial charge >= 0.3 is 5.57 Å². The molecule has 26 heavy (non-hydrogen) atoms. The molecule has 1 amide bonds. The number of aromatic amines is 2. The Balaban J connectivity index is 1.77. The highest BCUT2D eigenvalue weighted by molar-refractivity contribution is 6.20. The van der Waals surface area contributed by atoms with E-state index in [0.717, 1.165) is 6.07 Å². The van der Waals surface area contributed by atoms with Gasteiger partial charge in [-0.1, -0.05) is 0 Å². The minimum atomic E-state index is -3.82. The van der Waals surface area contributed by atoms with E-state index in [1.54, 1.807) is 6.07 Å². The molecule has 3 aromatic rings. The van der Waals surface area contributed by atoms with Gasteiger partial charge in [0, 0.05) is 35.1 Å². The molecule has 0 aliphatic rings. The van der Waals surface area contributed by atoms with Crippen molar-refractivity contribution in [2.75, 3.05) is 5.32 Å². The van der Waals surface area contributed by atoms with Crippen LogP contribution in [0.3, 0.4) is 0 Å². The van der Waals surface area contributed by atoms with Crippen LogP contribution in [-0.4, -0.2) is 26.7 Å². The van der Waals surface area contributed by atoms with Crippen LogP contribution in [-0.2, 0) is 0 Å². The van der Waals surface area contributed by atoms with Crippen molar-refractivity contribution >= 4 is 23.2 Å². The van der Waals surface area contributed by atoms with Crippen LogP contribution in [0.2, 0.25) is 0 Å². The zero-order valence-corrected chi connectivity index (χ0v) is 13.7. The third kappa shape index (κ3) is 4.45. The first-order valence-corrected chi connectivity index (χ1v) is 7.59. The third-order valence-electron chi connectivity index (χ3n) is 3.24. The van der Waals surface area contributed by atoms with Crippen molar-refractivity contribution in [2.45, 2.75) is 5.57 Å². The number of aromatic nitrogens is 3. The lowest BCUT2D eigenvalue weighted by Gasteiger charge is -2.11. The number of pyridine rings is 1. The molecule has 0 saturated carbocycles. The van der Waals surface area contributed by atoms with Gasteiger partial charge in [0.2, 0.25) is 5.56 Å². The van der Waals surface area contributed by atoms with Gasteiger partial charge in [-0.3, -0.25) is 14.7 Å². The maximum atomic E-state index is 12.6. The molecular weight excluding hydrogens is 370 g/mol. The monoisotopic (exact) mass is 380 g/mol. The summed E-state index contributed by atoms with van der Waals surface area (Å²) >= 11 is 4.68. The lowest BCUT2D eigenvalue weighted by atomic mass is 10.1. The molecule has 134 valence electrons. The molecule has 0 aliphatic heterocycles. The molecule has 10 heteroatoms. The molecule has 3 rings (SSSR count). The van der Waals surface area contributed by atoms with Crippen molar-refractivity contribution in [1.82, 2.24) is 15.2 Å². The molecule has 0 saturated heterocycles. The first kappa shape index (κ1) is 17.6. The minimum absolute atomic E-state index is 0.117. The van der Waals surface area contributed by atoms with Crippen molar-refractivity contribution < 1.29 is 18.3 Å². The number of carbonyl (C=O) groups is 1. The number of nitrogens with zero attached hydrogens (tertiary/aromatic N) is 1. The summed E-state index contributed by atoms with van der Waals surface area (Å²) in [6, 6.07) is 9.42. The van der Waals surface area contributed by atoms with E-state index in [1.807, 2.05) is 0 Å². The first-order chi connectivity index (χ1) is 12.3. The molecule has 0 spiro atoms. The van der Waals surface area contributed by atoms with Gasteiger partial charge in [-0.25, -0.2) is 0 Å². The molecule has 0 unspecified atom stereocenters. The Morgan fingerprint density at radius 2 is 1.88 bits per heavy atom. The number of hydrogen-bond donors (Lipinski definition) is 3. The number of nitrogens with one attached hydrogen (secondary N) is 3. The van der Waals surface area contributed by atoms with E-state index in [4.69, 9.17) is 0 Å². The summed E-state index contributed by atoms with van der Waals surface area (Å²) in [6.45, 7) is 0. The van der Waals surface area contributed by atoms with Gasteiger partial charge in [0.05, 0.1) is 11.4 Å². The van der Waals surface area contributed by atoms with Crippen molar-refractivity contribution in [1.29, 1.82) is 0 Å². The number of hydrogen-bond acceptors (Lipinski definition) is 4. The summed E-state index contributed by atoms with van der Waals surface area (Å²) in [5.41, 5.74) is -2.91. The quantitative estimate of drug-likeness (QED) is 0.592. The van der Waals surface area contributed by atoms with E-state index in [2.05, 4.69) is 36.8 Å². The zero-order chi connectivity index (χ0) is 18.7. The highest BCUT2D eigenvalue weighted by atomic mass is 35.5. The van der Waals surface area contributed by atoms with Crippen molar-refractivity contribution in [3.05, 3.63) is 64.6 Å². The summed E-state index contributed by atoms with van der Waals surface area (Å²) < 4.78 is 29.3. The number of alkyl halides is 3. The smallest absolute Gasteiger partial charge is 0.420 e. The average molecular weight is 381 g/mol. The fourth-order valence-electron chi connectivity index (χ4n) is 2.17. The number of benzene rings is 1. The molecule has 2 aromatic heterocycles. The van der Waals surface area contributed by atoms with Crippen LogP contribution in [0.15, 0.2) is 53.5 Å². The topological polar surface area (TPSA) is 99.9 Å². The van der Waals surface area contributed by atoms with Crippen LogP contribution in [0.4, 0.5) is 14.5 Å². The second-order valence-corrected chi connectivity index (χ2v) is 5.58. The van der Waals surface area contributed by atoms with E-state index < -0.39 is 17.0 Å². The Labute approximate surface area is 150 Å². The molecule has 0 fully saturated rings. The molecule has 0 bridgehead atoms. The fourth-order valence-corrected chi connectivity index (χ4v) is 2.26. The Morgan fingerprint density at radius 1 is 1.15 bits per heavy atom. The van der Waals surface area contributed by atoms with Crippen molar-refractivity contribution in [3.63, 3.8) is 0 Å². The summed E-state index contributed by atoms with van der Waals surface area (Å²) in [5.74, 6) is -0.714. The lowest BCUT2D eigenvalue weighted by Crippen LogP contribution is -2.17. The first-order valence-electron chi connectivity index (χ1n) is 7.21. The predicted octanol–water partition coefficient (Wildman–Crippen LogP) is 3.19. The van der Waals surface area contributed by atoms with Gasteiger partial charge in [-0.2, -0.15) is 5.10 Å². The normalized spacial score (nSPS) is 11.2. The summed E-state index contributed by atoms with van der Waals surface area (Å²) in [7, 11) is 0. The van der Waals surface area contributed by atoms with Crippen LogP contribution >= 0.6 is 11.6 Å². The minimum Gasteiger partial charge on any atom is -0.420 e. The average Bonchev–Trinajstić information content (AvgIpc) is 3.09. The third-order valence-corrected chi connectivity index (χ3v) is 3.32. The SMILES string of the molecule is O=C(Nc1ccc(OC(F)(F)Cl)cc1)c1cc(-c2ccn[nH]2)[nH]c(=O)c1. The van der Waals surface area contributed by atoms with Crippen LogP contribution in [0, 0.1) is 0 Å². The van der Waals surface area contributed by atoms with Crippen molar-refractivity contribution in [3.8, 4) is 17.1 Å². The fraction of sp³-hybridized carbons (Fsp3) is 0.0625. The number of halogens is 3. The standard InChI is InChI=1S/C16H11ClF2N4O3/c17-16(18,19)26-11-3-1-10(2-4-11)21-15(25)9-7-13(22-14(24)8-9)12-5-6-20-23-12/h1-8H,(H,20,23)(H,21,25)(H,22,24). The molecule has 0 radical (unpaired) electrons. The van der Waals surface area contributed by atoms with Gasteiger partial charge in [-0.15, -0.1) is 8.78 Å². The van der Waals surface area contributed by atoms with Gasteiger partial charge < -0.3 is 15.0 Å². The van der Waals surface area contributed by atoms with Gasteiger partial charge in [-0.05, 0) is 36.4 Å². The number of rotatable bonds is 5. The number of carbonyl (C=O) groups excluding carboxylic acids is 1. The Morgan fingerprint density at radius 3 is 2.50 bits per heavy atom. The van der Waals surface area contributed by atoms with Crippen LogP contribution in [0.25, 0.3) is 11.4 Å². The maximum Gasteiger partial charge on any atom is 0.487 e. The molecule has 7 nitrogen and oxygen atoms in total. The van der Waals surface area contributed by atoms with Crippen LogP contribution in [0.1, 0.15) is 10.4 Å². The summed E-state index contributed by atoms with van der Waals surface area (Å²) in [4.78, 5) is 26.7. The van der Waals surface area contributed by atoms with E-state index in [9.17, 15) is 18.4 Å².